The van der Waals surface area contributed by atoms with E-state index >= 15 is 0 Å². The van der Waals surface area contributed by atoms with Crippen LogP contribution >= 0.6 is 0 Å². The van der Waals surface area contributed by atoms with Crippen LogP contribution in [0.25, 0.3) is 0 Å². The molecule has 0 aliphatic carbocycles. The monoisotopic (exact) mass is 297 g/mol. The Kier molecular flexibility index (Phi) is 3.27. The summed E-state index contributed by atoms with van der Waals surface area (Å²) in [4.78, 5) is 8.19. The standard InChI is InChI=1S/C14H11F4N3/c15-10-2-1-9(12(6-10)14(16,17)18)5-11-7-20-13-8-19-3-4-21(11)13/h1-2,6-8H,3-5H2. The number of aromatic nitrogens is 2. The van der Waals surface area contributed by atoms with E-state index in [1.165, 1.54) is 12.3 Å². The summed E-state index contributed by atoms with van der Waals surface area (Å²) < 4.78 is 53.9. The topological polar surface area (TPSA) is 30.2 Å². The third-order valence-electron chi connectivity index (χ3n) is 3.38. The van der Waals surface area contributed by atoms with Gasteiger partial charge in [-0.1, -0.05) is 6.07 Å². The van der Waals surface area contributed by atoms with Gasteiger partial charge in [0.15, 0.2) is 5.82 Å². The number of benzene rings is 1. The van der Waals surface area contributed by atoms with Gasteiger partial charge in [0.05, 0.1) is 18.3 Å². The Bertz CT molecular complexity index is 701. The van der Waals surface area contributed by atoms with Gasteiger partial charge < -0.3 is 4.57 Å². The number of alkyl halides is 3. The molecule has 110 valence electrons. The highest BCUT2D eigenvalue weighted by atomic mass is 19.4. The van der Waals surface area contributed by atoms with Gasteiger partial charge in [-0.2, -0.15) is 13.2 Å². The SMILES string of the molecule is Fc1ccc(Cc2cnc3n2CCN=C3)c(C(F)(F)F)c1. The Labute approximate surface area is 118 Å². The molecule has 0 bridgehead atoms. The summed E-state index contributed by atoms with van der Waals surface area (Å²) in [5, 5.41) is 0. The zero-order chi connectivity index (χ0) is 15.0. The van der Waals surface area contributed by atoms with Crippen molar-refractivity contribution in [1.29, 1.82) is 0 Å². The summed E-state index contributed by atoms with van der Waals surface area (Å²) in [5.41, 5.74) is -0.245. The van der Waals surface area contributed by atoms with Crippen LogP contribution in [0.3, 0.4) is 0 Å². The first-order valence-electron chi connectivity index (χ1n) is 6.35. The molecular formula is C14H11F4N3. The lowest BCUT2D eigenvalue weighted by Gasteiger charge is -2.15. The van der Waals surface area contributed by atoms with Gasteiger partial charge in [-0.3, -0.25) is 4.99 Å². The summed E-state index contributed by atoms with van der Waals surface area (Å²) in [5.74, 6) is -0.263. The van der Waals surface area contributed by atoms with E-state index in [0.717, 1.165) is 6.07 Å². The molecule has 0 atom stereocenters. The molecule has 1 aliphatic rings. The molecule has 0 N–H and O–H groups in total. The highest BCUT2D eigenvalue weighted by Crippen LogP contribution is 2.33. The third kappa shape index (κ3) is 2.68. The molecule has 7 heteroatoms. The van der Waals surface area contributed by atoms with E-state index in [4.69, 9.17) is 0 Å². The van der Waals surface area contributed by atoms with Crippen molar-refractivity contribution in [3.63, 3.8) is 0 Å². The minimum atomic E-state index is -4.58. The molecule has 2 heterocycles. The Morgan fingerprint density at radius 1 is 1.24 bits per heavy atom. The predicted octanol–water partition coefficient (Wildman–Crippen LogP) is 3.06. The maximum Gasteiger partial charge on any atom is 0.416 e. The van der Waals surface area contributed by atoms with Gasteiger partial charge in [0, 0.05) is 24.9 Å². The molecule has 0 saturated heterocycles. The molecule has 3 rings (SSSR count). The minimum absolute atomic E-state index is 0.0362. The first-order chi connectivity index (χ1) is 9.95. The van der Waals surface area contributed by atoms with Crippen molar-refractivity contribution in [3.05, 3.63) is 52.9 Å². The summed E-state index contributed by atoms with van der Waals surface area (Å²) in [6.45, 7) is 1.16. The van der Waals surface area contributed by atoms with E-state index < -0.39 is 17.6 Å². The molecule has 0 amide bonds. The van der Waals surface area contributed by atoms with Gasteiger partial charge in [0.25, 0.3) is 0 Å². The van der Waals surface area contributed by atoms with E-state index in [1.54, 1.807) is 6.21 Å². The van der Waals surface area contributed by atoms with Crippen LogP contribution in [-0.4, -0.2) is 22.3 Å². The number of hydrogen-bond acceptors (Lipinski definition) is 2. The smallest absolute Gasteiger partial charge is 0.325 e. The Hall–Kier alpha value is -2.18. The molecule has 1 aliphatic heterocycles. The summed E-state index contributed by atoms with van der Waals surface area (Å²) in [6.07, 6.45) is -1.39. The molecule has 0 radical (unpaired) electrons. The zero-order valence-electron chi connectivity index (χ0n) is 10.9. The number of imidazole rings is 1. The molecule has 0 fully saturated rings. The van der Waals surface area contributed by atoms with Gasteiger partial charge in [-0.15, -0.1) is 0 Å². The van der Waals surface area contributed by atoms with Gasteiger partial charge in [0.2, 0.25) is 0 Å². The normalized spacial score (nSPS) is 14.3. The average Bonchev–Trinajstić information content (AvgIpc) is 2.83. The van der Waals surface area contributed by atoms with Gasteiger partial charge >= 0.3 is 6.18 Å². The van der Waals surface area contributed by atoms with E-state index in [1.807, 2.05) is 4.57 Å². The lowest BCUT2D eigenvalue weighted by molar-refractivity contribution is -0.138. The van der Waals surface area contributed by atoms with Crippen LogP contribution in [0.15, 0.2) is 29.4 Å². The van der Waals surface area contributed by atoms with Crippen molar-refractivity contribution in [2.24, 2.45) is 4.99 Å². The van der Waals surface area contributed by atoms with Crippen molar-refractivity contribution >= 4 is 6.21 Å². The van der Waals surface area contributed by atoms with E-state index in [0.29, 0.717) is 30.7 Å². The molecule has 3 nitrogen and oxygen atoms in total. The van der Waals surface area contributed by atoms with Crippen LogP contribution in [0.5, 0.6) is 0 Å². The lowest BCUT2D eigenvalue weighted by Crippen LogP contribution is -2.15. The van der Waals surface area contributed by atoms with Gasteiger partial charge in [0.1, 0.15) is 5.82 Å². The number of halogens is 4. The molecule has 21 heavy (non-hydrogen) atoms. The molecule has 0 spiro atoms. The van der Waals surface area contributed by atoms with E-state index in [2.05, 4.69) is 9.98 Å². The average molecular weight is 297 g/mol. The molecule has 0 saturated carbocycles. The van der Waals surface area contributed by atoms with Crippen LogP contribution in [0.2, 0.25) is 0 Å². The highest BCUT2D eigenvalue weighted by Gasteiger charge is 2.34. The molecular weight excluding hydrogens is 286 g/mol. The Morgan fingerprint density at radius 2 is 2.05 bits per heavy atom. The van der Waals surface area contributed by atoms with Crippen molar-refractivity contribution in [3.8, 4) is 0 Å². The number of aliphatic imine (C=N–C) groups is 1. The second-order valence-corrected chi connectivity index (χ2v) is 4.77. The second kappa shape index (κ2) is 4.98. The number of nitrogens with zero attached hydrogens (tertiary/aromatic N) is 3. The first-order valence-corrected chi connectivity index (χ1v) is 6.35. The van der Waals surface area contributed by atoms with Crippen LogP contribution in [0.1, 0.15) is 22.6 Å². The van der Waals surface area contributed by atoms with Crippen molar-refractivity contribution < 1.29 is 17.6 Å². The van der Waals surface area contributed by atoms with Gasteiger partial charge in [-0.05, 0) is 17.7 Å². The van der Waals surface area contributed by atoms with Crippen LogP contribution in [0, 0.1) is 5.82 Å². The number of fused-ring (bicyclic) bond motifs is 1. The second-order valence-electron chi connectivity index (χ2n) is 4.77. The van der Waals surface area contributed by atoms with Crippen LogP contribution < -0.4 is 0 Å². The first kappa shape index (κ1) is 13.8. The fourth-order valence-electron chi connectivity index (χ4n) is 2.40. The van der Waals surface area contributed by atoms with E-state index in [9.17, 15) is 17.6 Å². The maximum absolute atomic E-state index is 13.1. The van der Waals surface area contributed by atoms with Crippen LogP contribution in [-0.2, 0) is 19.1 Å². The third-order valence-corrected chi connectivity index (χ3v) is 3.38. The quantitative estimate of drug-likeness (QED) is 0.784. The van der Waals surface area contributed by atoms with Crippen LogP contribution in [0.4, 0.5) is 17.6 Å². The fraction of sp³-hybridized carbons (Fsp3) is 0.286. The largest absolute Gasteiger partial charge is 0.416 e. The van der Waals surface area contributed by atoms with Gasteiger partial charge in [-0.25, -0.2) is 9.37 Å². The predicted molar refractivity (Wildman–Crippen MR) is 68.9 cm³/mol. The van der Waals surface area contributed by atoms with Crippen molar-refractivity contribution in [2.45, 2.75) is 19.1 Å². The minimum Gasteiger partial charge on any atom is -0.325 e. The van der Waals surface area contributed by atoms with Crippen molar-refractivity contribution in [2.75, 3.05) is 6.54 Å². The Morgan fingerprint density at radius 3 is 2.81 bits per heavy atom. The van der Waals surface area contributed by atoms with E-state index in [-0.39, 0.29) is 12.0 Å². The molecule has 1 aromatic heterocycles. The summed E-state index contributed by atoms with van der Waals surface area (Å²) >= 11 is 0. The number of hydrogen-bond donors (Lipinski definition) is 0. The fourth-order valence-corrected chi connectivity index (χ4v) is 2.40. The Balaban J connectivity index is 1.99. The maximum atomic E-state index is 13.1. The van der Waals surface area contributed by atoms with Crippen molar-refractivity contribution in [1.82, 2.24) is 9.55 Å². The molecule has 1 aromatic carbocycles. The zero-order valence-corrected chi connectivity index (χ0v) is 10.9. The molecule has 0 unspecified atom stereocenters. The molecule has 2 aromatic rings. The summed E-state index contributed by atoms with van der Waals surface area (Å²) in [6, 6.07) is 2.75. The highest BCUT2D eigenvalue weighted by molar-refractivity contribution is 5.75. The lowest BCUT2D eigenvalue weighted by atomic mass is 10.0. The summed E-state index contributed by atoms with van der Waals surface area (Å²) in [7, 11) is 0. The number of rotatable bonds is 2.